The number of rotatable bonds is 3. The first kappa shape index (κ1) is 14.4. The van der Waals surface area contributed by atoms with Crippen molar-refractivity contribution in [3.63, 3.8) is 0 Å². The number of aliphatic imine (C=N–C) groups is 1. The fourth-order valence-electron chi connectivity index (χ4n) is 1.46. The van der Waals surface area contributed by atoms with Gasteiger partial charge in [0.15, 0.2) is 5.90 Å². The van der Waals surface area contributed by atoms with E-state index < -0.39 is 0 Å². The molecule has 0 atom stereocenters. The van der Waals surface area contributed by atoms with Gasteiger partial charge in [-0.15, -0.1) is 0 Å². The van der Waals surface area contributed by atoms with E-state index in [1.807, 2.05) is 45.9 Å². The molecule has 0 bridgehead atoms. The van der Waals surface area contributed by atoms with Crippen molar-refractivity contribution in [2.45, 2.75) is 46.1 Å². The average molecular weight is 247 g/mol. The van der Waals surface area contributed by atoms with Crippen LogP contribution in [0.3, 0.4) is 0 Å². The third kappa shape index (κ3) is 5.13. The van der Waals surface area contributed by atoms with Crippen molar-refractivity contribution in [2.24, 2.45) is 4.99 Å². The minimum Gasteiger partial charge on any atom is -0.475 e. The number of ether oxygens (including phenoxy) is 1. The molecule has 3 nitrogen and oxygen atoms in total. The molecule has 98 valence electrons. The Hall–Kier alpha value is -1.64. The monoisotopic (exact) mass is 247 g/mol. The molecule has 0 aliphatic rings. The molecule has 1 rings (SSSR count). The summed E-state index contributed by atoms with van der Waals surface area (Å²) in [7, 11) is 0. The van der Waals surface area contributed by atoms with E-state index in [0.717, 1.165) is 6.42 Å². The third-order valence-electron chi connectivity index (χ3n) is 2.13. The Kier molecular flexibility index (Phi) is 5.08. The molecule has 0 saturated heterocycles. The highest BCUT2D eigenvalue weighted by molar-refractivity contribution is 6.01. The lowest BCUT2D eigenvalue weighted by atomic mass is 10.2. The van der Waals surface area contributed by atoms with Crippen LogP contribution in [-0.4, -0.2) is 17.4 Å². The van der Waals surface area contributed by atoms with Gasteiger partial charge in [0.1, 0.15) is 5.60 Å². The van der Waals surface area contributed by atoms with E-state index in [1.54, 1.807) is 12.1 Å². The van der Waals surface area contributed by atoms with E-state index >= 15 is 0 Å². The van der Waals surface area contributed by atoms with Gasteiger partial charge >= 0.3 is 0 Å². The normalized spacial score (nSPS) is 12.3. The second-order valence-corrected chi connectivity index (χ2v) is 5.14. The molecule has 0 radical (unpaired) electrons. The molecule has 0 fully saturated rings. The molecule has 0 aliphatic heterocycles. The lowest BCUT2D eigenvalue weighted by Crippen LogP contribution is -2.24. The second kappa shape index (κ2) is 6.34. The maximum atomic E-state index is 11.9. The Morgan fingerprint density at radius 2 is 1.83 bits per heavy atom. The number of hydrogen-bond acceptors (Lipinski definition) is 2. The van der Waals surface area contributed by atoms with Crippen LogP contribution in [0.2, 0.25) is 0 Å². The molecule has 3 heteroatoms. The lowest BCUT2D eigenvalue weighted by Gasteiger charge is -2.22. The topological polar surface area (TPSA) is 38.7 Å². The first-order chi connectivity index (χ1) is 8.42. The van der Waals surface area contributed by atoms with Gasteiger partial charge in [0.05, 0.1) is 0 Å². The molecule has 0 heterocycles. The smallest absolute Gasteiger partial charge is 0.279 e. The number of amides is 1. The zero-order chi connectivity index (χ0) is 13.6. The molecule has 1 aromatic rings. The summed E-state index contributed by atoms with van der Waals surface area (Å²) in [5, 5.41) is 0. The lowest BCUT2D eigenvalue weighted by molar-refractivity contribution is 0.0962. The van der Waals surface area contributed by atoms with Crippen LogP contribution < -0.4 is 0 Å². The van der Waals surface area contributed by atoms with Gasteiger partial charge in [0.2, 0.25) is 0 Å². The summed E-state index contributed by atoms with van der Waals surface area (Å²) in [6.07, 6.45) is 1.58. The zero-order valence-corrected chi connectivity index (χ0v) is 11.6. The van der Waals surface area contributed by atoms with Crippen LogP contribution in [0.25, 0.3) is 0 Å². The summed E-state index contributed by atoms with van der Waals surface area (Å²) >= 11 is 0. The van der Waals surface area contributed by atoms with Crippen molar-refractivity contribution in [1.82, 2.24) is 0 Å². The van der Waals surface area contributed by atoms with Gasteiger partial charge < -0.3 is 4.74 Å². The van der Waals surface area contributed by atoms with E-state index in [4.69, 9.17) is 4.74 Å². The summed E-state index contributed by atoms with van der Waals surface area (Å²) in [5.41, 5.74) is 0.258. The SMILES string of the molecule is CCCC(=NC(=O)c1ccccc1)OC(C)(C)C. The number of nitrogens with zero attached hydrogens (tertiary/aromatic N) is 1. The Morgan fingerprint density at radius 3 is 2.33 bits per heavy atom. The Bertz CT molecular complexity index is 416. The second-order valence-electron chi connectivity index (χ2n) is 5.14. The Labute approximate surface area is 109 Å². The number of hydrogen-bond donors (Lipinski definition) is 0. The molecule has 0 unspecified atom stereocenters. The fraction of sp³-hybridized carbons (Fsp3) is 0.467. The van der Waals surface area contributed by atoms with E-state index in [0.29, 0.717) is 17.9 Å². The number of benzene rings is 1. The van der Waals surface area contributed by atoms with Gasteiger partial charge in [0.25, 0.3) is 5.91 Å². The highest BCUT2D eigenvalue weighted by Crippen LogP contribution is 2.12. The van der Waals surface area contributed by atoms with Gasteiger partial charge in [-0.05, 0) is 39.3 Å². The van der Waals surface area contributed by atoms with E-state index in [9.17, 15) is 4.79 Å². The maximum Gasteiger partial charge on any atom is 0.279 e. The van der Waals surface area contributed by atoms with Crippen LogP contribution in [-0.2, 0) is 4.74 Å². The summed E-state index contributed by atoms with van der Waals surface area (Å²) in [4.78, 5) is 16.0. The predicted octanol–water partition coefficient (Wildman–Crippen LogP) is 3.84. The number of carbonyl (C=O) groups is 1. The van der Waals surface area contributed by atoms with Crippen molar-refractivity contribution in [2.75, 3.05) is 0 Å². The Morgan fingerprint density at radius 1 is 1.22 bits per heavy atom. The van der Waals surface area contributed by atoms with Crippen molar-refractivity contribution in [1.29, 1.82) is 0 Å². The molecule has 1 aromatic carbocycles. The molecule has 0 aromatic heterocycles. The minimum absolute atomic E-state index is 0.247. The molecule has 0 aliphatic carbocycles. The quantitative estimate of drug-likeness (QED) is 0.601. The highest BCUT2D eigenvalue weighted by Gasteiger charge is 2.15. The van der Waals surface area contributed by atoms with Gasteiger partial charge in [-0.25, -0.2) is 0 Å². The summed E-state index contributed by atoms with van der Waals surface area (Å²) < 4.78 is 5.70. The van der Waals surface area contributed by atoms with Crippen LogP contribution >= 0.6 is 0 Å². The highest BCUT2D eigenvalue weighted by atomic mass is 16.5. The fourth-order valence-corrected chi connectivity index (χ4v) is 1.46. The maximum absolute atomic E-state index is 11.9. The van der Waals surface area contributed by atoms with Crippen molar-refractivity contribution in [3.05, 3.63) is 35.9 Å². The molecule has 0 saturated carbocycles. The van der Waals surface area contributed by atoms with Gasteiger partial charge in [-0.1, -0.05) is 25.1 Å². The summed E-state index contributed by atoms with van der Waals surface area (Å²) in [6.45, 7) is 7.88. The standard InChI is InChI=1S/C15H21NO2/c1-5-9-13(18-15(2,3)4)16-14(17)12-10-7-6-8-11-12/h6-8,10-11H,5,9H2,1-4H3. The van der Waals surface area contributed by atoms with Crippen molar-refractivity contribution < 1.29 is 9.53 Å². The van der Waals surface area contributed by atoms with Gasteiger partial charge in [-0.2, -0.15) is 4.99 Å². The number of carbonyl (C=O) groups excluding carboxylic acids is 1. The summed E-state index contributed by atoms with van der Waals surface area (Å²) in [5.74, 6) is 0.266. The first-order valence-electron chi connectivity index (χ1n) is 6.28. The van der Waals surface area contributed by atoms with E-state index in [2.05, 4.69) is 4.99 Å². The van der Waals surface area contributed by atoms with Crippen LogP contribution in [0.1, 0.15) is 50.9 Å². The van der Waals surface area contributed by atoms with Crippen molar-refractivity contribution >= 4 is 11.8 Å². The largest absolute Gasteiger partial charge is 0.475 e. The molecular formula is C15H21NO2. The third-order valence-corrected chi connectivity index (χ3v) is 2.13. The zero-order valence-electron chi connectivity index (χ0n) is 11.6. The van der Waals surface area contributed by atoms with Crippen LogP contribution in [0, 0.1) is 0 Å². The first-order valence-corrected chi connectivity index (χ1v) is 6.28. The predicted molar refractivity (Wildman–Crippen MR) is 74.0 cm³/mol. The molecular weight excluding hydrogens is 226 g/mol. The minimum atomic E-state index is -0.328. The van der Waals surface area contributed by atoms with E-state index in [-0.39, 0.29) is 11.5 Å². The Balaban J connectivity index is 2.85. The van der Waals surface area contributed by atoms with E-state index in [1.165, 1.54) is 0 Å². The molecule has 0 N–H and O–H groups in total. The van der Waals surface area contributed by atoms with Crippen LogP contribution in [0.5, 0.6) is 0 Å². The average Bonchev–Trinajstić information content (AvgIpc) is 2.28. The van der Waals surface area contributed by atoms with Gasteiger partial charge in [-0.3, -0.25) is 4.79 Å². The summed E-state index contributed by atoms with van der Waals surface area (Å²) in [6, 6.07) is 9.04. The molecule has 0 spiro atoms. The van der Waals surface area contributed by atoms with Crippen LogP contribution in [0.4, 0.5) is 0 Å². The van der Waals surface area contributed by atoms with Crippen LogP contribution in [0.15, 0.2) is 35.3 Å². The van der Waals surface area contributed by atoms with Gasteiger partial charge in [0, 0.05) is 12.0 Å². The molecule has 18 heavy (non-hydrogen) atoms. The molecule has 1 amide bonds. The van der Waals surface area contributed by atoms with Crippen molar-refractivity contribution in [3.8, 4) is 0 Å².